The molecule has 3 saturated heterocycles. The van der Waals surface area contributed by atoms with Crippen LogP contribution < -0.4 is 27.4 Å². The lowest BCUT2D eigenvalue weighted by atomic mass is 9.77. The van der Waals surface area contributed by atoms with Crippen LogP contribution in [0.2, 0.25) is 0 Å². The fourth-order valence-corrected chi connectivity index (χ4v) is 8.69. The van der Waals surface area contributed by atoms with Gasteiger partial charge in [0.25, 0.3) is 5.91 Å². The lowest BCUT2D eigenvalue weighted by molar-refractivity contribution is -0.139. The normalized spacial score (nSPS) is 20.2. The van der Waals surface area contributed by atoms with Crippen molar-refractivity contribution in [3.05, 3.63) is 35.4 Å². The lowest BCUT2D eigenvalue weighted by Crippen LogP contribution is -2.57. The number of amides is 6. The van der Waals surface area contributed by atoms with E-state index in [0.29, 0.717) is 50.7 Å². The molecule has 3 fully saturated rings. The molecule has 27 nitrogen and oxygen atoms in total. The molecule has 3 heterocycles. The molecule has 3 aliphatic rings. The molecule has 0 radical (unpaired) electrons. The number of carboxylic acids is 2. The van der Waals surface area contributed by atoms with E-state index in [2.05, 4.69) is 20.9 Å². The van der Waals surface area contributed by atoms with Crippen molar-refractivity contribution in [2.24, 2.45) is 16.5 Å². The highest BCUT2D eigenvalue weighted by atomic mass is 16.4. The minimum Gasteiger partial charge on any atom is -0.480 e. The van der Waals surface area contributed by atoms with Gasteiger partial charge in [-0.25, -0.2) is 0 Å². The van der Waals surface area contributed by atoms with Crippen molar-refractivity contribution in [1.29, 1.82) is 0 Å². The fourth-order valence-electron chi connectivity index (χ4n) is 8.69. The van der Waals surface area contributed by atoms with Crippen LogP contribution in [0, 0.1) is 0 Å². The number of β-amino-alcohol motifs (C(OH)–C–C–N with tert-alkyl or cyclic N) is 1. The molecule has 0 saturated carbocycles. The molecule has 0 bridgehead atoms. The minimum absolute atomic E-state index is 0.00483. The van der Waals surface area contributed by atoms with Crippen LogP contribution in [0.15, 0.2) is 29.3 Å². The van der Waals surface area contributed by atoms with Crippen LogP contribution in [0.1, 0.15) is 42.1 Å². The highest BCUT2D eigenvalue weighted by Gasteiger charge is 2.42. The molecule has 28 heteroatoms. The number of benzene rings is 1. The second kappa shape index (κ2) is 29.6. The van der Waals surface area contributed by atoms with Crippen molar-refractivity contribution in [2.45, 2.75) is 56.9 Å². The molecule has 12 N–H and O–H groups in total. The van der Waals surface area contributed by atoms with Gasteiger partial charge in [0.05, 0.1) is 44.8 Å². The summed E-state index contributed by atoms with van der Waals surface area (Å²) in [6.45, 7) is 4.52. The number of nitrogens with one attached hydrogen (secondary N) is 3. The first-order valence-corrected chi connectivity index (χ1v) is 24.5. The Bertz CT molecular complexity index is 2030. The van der Waals surface area contributed by atoms with Gasteiger partial charge in [-0.05, 0) is 43.9 Å². The van der Waals surface area contributed by atoms with E-state index in [1.54, 1.807) is 67.8 Å². The van der Waals surface area contributed by atoms with Crippen LogP contribution in [0.3, 0.4) is 0 Å². The van der Waals surface area contributed by atoms with Gasteiger partial charge < -0.3 is 67.5 Å². The predicted octanol–water partition coefficient (Wildman–Crippen LogP) is -6.44. The highest BCUT2D eigenvalue weighted by Crippen LogP contribution is 2.20. The maximum atomic E-state index is 14.1. The summed E-state index contributed by atoms with van der Waals surface area (Å²) in [5.41, 5.74) is 12.4. The van der Waals surface area contributed by atoms with Gasteiger partial charge in [-0.15, -0.1) is 0 Å². The Balaban J connectivity index is 1.32. The van der Waals surface area contributed by atoms with E-state index in [0.717, 1.165) is 4.90 Å². The smallest absolute Gasteiger partial charge is 0.475 e. The van der Waals surface area contributed by atoms with Gasteiger partial charge in [-0.2, -0.15) is 0 Å². The minimum atomic E-state index is -1.84. The number of likely N-dealkylation sites (tertiary alicyclic amines) is 1. The van der Waals surface area contributed by atoms with Crippen LogP contribution in [0.25, 0.3) is 0 Å². The van der Waals surface area contributed by atoms with Crippen LogP contribution in [0.5, 0.6) is 0 Å². The molecule has 3 aliphatic heterocycles. The molecule has 6 amide bonds. The first-order chi connectivity index (χ1) is 34.6. The molecular weight excluding hydrogens is 955 g/mol. The molecule has 73 heavy (non-hydrogen) atoms. The van der Waals surface area contributed by atoms with Gasteiger partial charge in [0.15, 0.2) is 5.96 Å². The average Bonchev–Trinajstić information content (AvgIpc) is 3.73. The number of nitrogens with zero attached hydrogens (tertiary/aromatic N) is 9. The number of primary amides is 1. The summed E-state index contributed by atoms with van der Waals surface area (Å²) in [6.07, 6.45) is -0.252. The Morgan fingerprint density at radius 2 is 1.21 bits per heavy atom. The number of guanidine groups is 1. The first kappa shape index (κ1) is 59.6. The summed E-state index contributed by atoms with van der Waals surface area (Å²) >= 11 is 0. The monoisotopic (exact) mass is 1030 g/mol. The average molecular weight is 1030 g/mol. The second-order valence-electron chi connectivity index (χ2n) is 18.9. The molecule has 4 rings (SSSR count). The van der Waals surface area contributed by atoms with E-state index < -0.39 is 66.8 Å². The molecule has 406 valence electrons. The topological polar surface area (TPSA) is 364 Å². The summed E-state index contributed by atoms with van der Waals surface area (Å²) < 4.78 is 0. The van der Waals surface area contributed by atoms with E-state index in [4.69, 9.17) is 11.5 Å². The van der Waals surface area contributed by atoms with Crippen molar-refractivity contribution < 1.29 is 63.7 Å². The van der Waals surface area contributed by atoms with Gasteiger partial charge in [0.2, 0.25) is 29.5 Å². The van der Waals surface area contributed by atoms with Gasteiger partial charge in [-0.1, -0.05) is 12.1 Å². The summed E-state index contributed by atoms with van der Waals surface area (Å²) in [6, 6.07) is 4.47. The number of hydrogen-bond donors (Lipinski definition) is 10. The fraction of sp³-hybridized carbons (Fsp3) is 0.667. The number of carbonyl (C=O) groups excluding carboxylic acids is 6. The van der Waals surface area contributed by atoms with Crippen LogP contribution in [0.4, 0.5) is 0 Å². The number of aliphatic carboxylic acids is 2. The van der Waals surface area contributed by atoms with Gasteiger partial charge >= 0.3 is 19.1 Å². The molecule has 0 aromatic heterocycles. The van der Waals surface area contributed by atoms with E-state index in [1.165, 1.54) is 6.92 Å². The van der Waals surface area contributed by atoms with Crippen LogP contribution >= 0.6 is 0 Å². The third-order valence-electron chi connectivity index (χ3n) is 12.8. The maximum Gasteiger partial charge on any atom is 0.475 e. The van der Waals surface area contributed by atoms with Crippen molar-refractivity contribution in [3.63, 3.8) is 0 Å². The third kappa shape index (κ3) is 20.8. The lowest BCUT2D eigenvalue weighted by Gasteiger charge is -2.36. The SMILES string of the molecule is C[C@@H](NC(=O)c1ccc(CNC(=O)CN2CCN(C(=O)[C@H](CCCN=C(N)N(C)C)NC(=O)CN3CCN(CC(=O)O)CCN(CC(N)=O)CCN(CC(=O)O)CC3)CC2)cc1)C(=O)N1C[C@@H](O)C[C@H]1B(O)O. The first-order valence-electron chi connectivity index (χ1n) is 24.5. The standard InChI is InChI=1S/C45H75BN14O13/c1-31(43(70)60-25-34(61)23-36(60)46(72)73)51-42(69)33-8-6-32(7-9-33)24-50-38(63)27-56-19-21-59(22-20-56)44(71)35(5-4-10-49-45(48)53(2)3)52-39(64)28-55-13-17-57(29-40(65)66)15-11-54(26-37(47)62)12-16-58(18-14-55)30-41(67)68/h6-9,31,34-36,61,72-73H,4-5,10-30H2,1-3H3,(H2,47,62)(H2,48,49)(H,50,63)(H,51,69)(H,52,64)(H,65,66)(H,67,68)/t31-,34+,35+,36+/m1/s1. The number of nitrogens with two attached hydrogens (primary N) is 2. The van der Waals surface area contributed by atoms with Crippen molar-refractivity contribution in [1.82, 2.24) is 55.1 Å². The summed E-state index contributed by atoms with van der Waals surface area (Å²) in [5.74, 6) is -5.49. The van der Waals surface area contributed by atoms with Crippen molar-refractivity contribution in [3.8, 4) is 0 Å². The molecule has 0 unspecified atom stereocenters. The predicted molar refractivity (Wildman–Crippen MR) is 266 cm³/mol. The zero-order valence-corrected chi connectivity index (χ0v) is 42.1. The second-order valence-corrected chi connectivity index (χ2v) is 18.9. The molecule has 1 aromatic carbocycles. The van der Waals surface area contributed by atoms with E-state index in [9.17, 15) is 63.7 Å². The molecule has 1 aromatic rings. The number of carbonyl (C=O) groups is 8. The van der Waals surface area contributed by atoms with E-state index >= 15 is 0 Å². The number of aliphatic hydroxyl groups excluding tert-OH is 1. The van der Waals surface area contributed by atoms with Gasteiger partial charge in [0.1, 0.15) is 12.1 Å². The Morgan fingerprint density at radius 3 is 1.70 bits per heavy atom. The van der Waals surface area contributed by atoms with Crippen LogP contribution in [-0.4, -0.2) is 288 Å². The Kier molecular flexibility index (Phi) is 24.2. The summed E-state index contributed by atoms with van der Waals surface area (Å²) in [4.78, 5) is 120. The zero-order valence-electron chi connectivity index (χ0n) is 42.1. The Labute approximate surface area is 425 Å². The molecular formula is C45H75BN14O13. The van der Waals surface area contributed by atoms with Crippen LogP contribution in [-0.2, 0) is 40.1 Å². The maximum absolute atomic E-state index is 14.1. The Morgan fingerprint density at radius 1 is 0.712 bits per heavy atom. The number of aliphatic imine (C=N–C) groups is 1. The number of piperazine rings is 1. The number of rotatable bonds is 22. The van der Waals surface area contributed by atoms with Crippen molar-refractivity contribution in [2.75, 3.05) is 138 Å². The number of carboxylic acid groups (broad SMARTS) is 2. The number of hydrogen-bond acceptors (Lipinski definition) is 17. The van der Waals surface area contributed by atoms with Crippen molar-refractivity contribution >= 4 is 60.5 Å². The number of aliphatic hydroxyl groups is 1. The molecule has 4 atom stereocenters. The van der Waals surface area contributed by atoms with Gasteiger partial charge in [0, 0.05) is 118 Å². The van der Waals surface area contributed by atoms with E-state index in [-0.39, 0.29) is 128 Å². The summed E-state index contributed by atoms with van der Waals surface area (Å²) in [7, 11) is 1.66. The zero-order chi connectivity index (χ0) is 53.8. The highest BCUT2D eigenvalue weighted by molar-refractivity contribution is 6.43. The summed E-state index contributed by atoms with van der Waals surface area (Å²) in [5, 5.41) is 56.8. The third-order valence-corrected chi connectivity index (χ3v) is 12.8. The van der Waals surface area contributed by atoms with Gasteiger partial charge in [-0.3, -0.25) is 67.8 Å². The largest absolute Gasteiger partial charge is 0.480 e. The van der Waals surface area contributed by atoms with E-state index in [1.807, 2.05) is 4.90 Å². The molecule has 0 aliphatic carbocycles. The quantitative estimate of drug-likeness (QED) is 0.0223. The Hall–Kier alpha value is -6.01. The molecule has 0 spiro atoms.